The molecule has 2 rings (SSSR count). The maximum atomic E-state index is 14.0. The Labute approximate surface area is 114 Å². The molecule has 1 aliphatic rings. The summed E-state index contributed by atoms with van der Waals surface area (Å²) in [6.07, 6.45) is 5.08. The molecule has 18 heavy (non-hydrogen) atoms. The van der Waals surface area contributed by atoms with Crippen molar-refractivity contribution in [2.45, 2.75) is 62.3 Å². The minimum Gasteiger partial charge on any atom is -0.310 e. The van der Waals surface area contributed by atoms with Gasteiger partial charge in [-0.05, 0) is 30.5 Å². The molecule has 0 radical (unpaired) electrons. The van der Waals surface area contributed by atoms with Crippen molar-refractivity contribution >= 4 is 11.8 Å². The van der Waals surface area contributed by atoms with Gasteiger partial charge in [-0.2, -0.15) is 0 Å². The Bertz CT molecular complexity index is 386. The maximum Gasteiger partial charge on any atom is 0.137 e. The number of nitrogens with one attached hydrogen (secondary N) is 1. The topological polar surface area (TPSA) is 12.0 Å². The van der Waals surface area contributed by atoms with E-state index in [2.05, 4.69) is 19.2 Å². The molecule has 0 saturated heterocycles. The van der Waals surface area contributed by atoms with Gasteiger partial charge >= 0.3 is 0 Å². The van der Waals surface area contributed by atoms with Crippen LogP contribution in [0.2, 0.25) is 0 Å². The van der Waals surface area contributed by atoms with Gasteiger partial charge in [0.05, 0.1) is 0 Å². The molecule has 0 atom stereocenters. The van der Waals surface area contributed by atoms with E-state index in [1.54, 1.807) is 17.8 Å². The third-order valence-corrected chi connectivity index (χ3v) is 4.70. The van der Waals surface area contributed by atoms with E-state index in [4.69, 9.17) is 0 Å². The highest BCUT2D eigenvalue weighted by molar-refractivity contribution is 8.00. The predicted octanol–water partition coefficient (Wildman–Crippen LogP) is 4.36. The second-order valence-corrected chi connectivity index (χ2v) is 6.67. The van der Waals surface area contributed by atoms with Crippen molar-refractivity contribution in [1.29, 1.82) is 0 Å². The van der Waals surface area contributed by atoms with Crippen LogP contribution in [0, 0.1) is 5.82 Å². The summed E-state index contributed by atoms with van der Waals surface area (Å²) in [5.41, 5.74) is 1.02. The molecule has 100 valence electrons. The fraction of sp³-hybridized carbons (Fsp3) is 0.600. The molecule has 0 spiro atoms. The first-order chi connectivity index (χ1) is 8.65. The molecule has 0 heterocycles. The summed E-state index contributed by atoms with van der Waals surface area (Å²) in [4.78, 5) is 0.815. The molecule has 0 aromatic heterocycles. The summed E-state index contributed by atoms with van der Waals surface area (Å²) >= 11 is 1.72. The van der Waals surface area contributed by atoms with E-state index in [0.29, 0.717) is 11.3 Å². The SMILES string of the molecule is CC(C)NCc1ccc(SC2CCCC2)c(F)c1. The third kappa shape index (κ3) is 3.99. The lowest BCUT2D eigenvalue weighted by Crippen LogP contribution is -2.21. The molecule has 1 fully saturated rings. The number of rotatable bonds is 5. The Hall–Kier alpha value is -0.540. The normalized spacial score (nSPS) is 16.7. The van der Waals surface area contributed by atoms with Gasteiger partial charge in [0.15, 0.2) is 0 Å². The molecular weight excluding hydrogens is 245 g/mol. The quantitative estimate of drug-likeness (QED) is 0.850. The Kier molecular flexibility index (Phi) is 5.07. The summed E-state index contributed by atoms with van der Waals surface area (Å²) in [6, 6.07) is 6.08. The summed E-state index contributed by atoms with van der Waals surface area (Å²) < 4.78 is 14.0. The van der Waals surface area contributed by atoms with Crippen LogP contribution in [-0.2, 0) is 6.54 Å². The van der Waals surface area contributed by atoms with Gasteiger partial charge in [0.2, 0.25) is 0 Å². The van der Waals surface area contributed by atoms with Gasteiger partial charge in [0.1, 0.15) is 5.82 Å². The second kappa shape index (κ2) is 6.58. The van der Waals surface area contributed by atoms with Crippen molar-refractivity contribution in [2.75, 3.05) is 0 Å². The van der Waals surface area contributed by atoms with E-state index >= 15 is 0 Å². The van der Waals surface area contributed by atoms with Crippen molar-refractivity contribution in [1.82, 2.24) is 5.32 Å². The van der Waals surface area contributed by atoms with E-state index < -0.39 is 0 Å². The molecule has 1 aromatic carbocycles. The molecule has 0 aliphatic heterocycles. The average molecular weight is 267 g/mol. The standard InChI is InChI=1S/C15H22FNS/c1-11(2)17-10-12-7-8-15(14(16)9-12)18-13-5-3-4-6-13/h7-9,11,13,17H,3-6,10H2,1-2H3. The zero-order valence-electron chi connectivity index (χ0n) is 11.2. The molecule has 0 bridgehead atoms. The number of thioether (sulfide) groups is 1. The summed E-state index contributed by atoms with van der Waals surface area (Å²) in [7, 11) is 0. The van der Waals surface area contributed by atoms with E-state index in [1.165, 1.54) is 25.7 Å². The lowest BCUT2D eigenvalue weighted by Gasteiger charge is -2.12. The van der Waals surface area contributed by atoms with Crippen molar-refractivity contribution in [3.05, 3.63) is 29.6 Å². The van der Waals surface area contributed by atoms with Crippen LogP contribution in [0.1, 0.15) is 45.1 Å². The smallest absolute Gasteiger partial charge is 0.137 e. The van der Waals surface area contributed by atoms with Crippen molar-refractivity contribution in [3.8, 4) is 0 Å². The molecule has 1 N–H and O–H groups in total. The number of hydrogen-bond donors (Lipinski definition) is 1. The van der Waals surface area contributed by atoms with Crippen LogP contribution in [0.25, 0.3) is 0 Å². The Balaban J connectivity index is 1.95. The Morgan fingerprint density at radius 1 is 1.33 bits per heavy atom. The fourth-order valence-electron chi connectivity index (χ4n) is 2.26. The molecule has 1 nitrogen and oxygen atoms in total. The van der Waals surface area contributed by atoms with Crippen LogP contribution >= 0.6 is 11.8 Å². The first kappa shape index (κ1) is 13.9. The average Bonchev–Trinajstić information content (AvgIpc) is 2.82. The highest BCUT2D eigenvalue weighted by atomic mass is 32.2. The van der Waals surface area contributed by atoms with Gasteiger partial charge in [0, 0.05) is 22.7 Å². The van der Waals surface area contributed by atoms with E-state index in [-0.39, 0.29) is 5.82 Å². The largest absolute Gasteiger partial charge is 0.310 e. The number of halogens is 1. The van der Waals surface area contributed by atoms with Gasteiger partial charge in [-0.15, -0.1) is 11.8 Å². The van der Waals surface area contributed by atoms with Gasteiger partial charge in [-0.25, -0.2) is 4.39 Å². The summed E-state index contributed by atoms with van der Waals surface area (Å²) in [5, 5.41) is 3.93. The fourth-order valence-corrected chi connectivity index (χ4v) is 3.50. The van der Waals surface area contributed by atoms with Crippen LogP contribution < -0.4 is 5.32 Å². The first-order valence-corrected chi connectivity index (χ1v) is 7.71. The van der Waals surface area contributed by atoms with Crippen LogP contribution in [0.5, 0.6) is 0 Å². The predicted molar refractivity (Wildman–Crippen MR) is 76.5 cm³/mol. The van der Waals surface area contributed by atoms with Gasteiger partial charge in [-0.1, -0.05) is 32.8 Å². The lowest BCUT2D eigenvalue weighted by molar-refractivity contribution is 0.574. The minimum atomic E-state index is -0.0602. The van der Waals surface area contributed by atoms with Crippen LogP contribution in [0.15, 0.2) is 23.1 Å². The molecule has 1 saturated carbocycles. The second-order valence-electron chi connectivity index (χ2n) is 5.32. The summed E-state index contributed by atoms with van der Waals surface area (Å²) in [5.74, 6) is -0.0602. The monoisotopic (exact) mass is 267 g/mol. The Morgan fingerprint density at radius 3 is 2.67 bits per heavy atom. The maximum absolute atomic E-state index is 14.0. The van der Waals surface area contributed by atoms with E-state index in [0.717, 1.165) is 17.0 Å². The zero-order valence-corrected chi connectivity index (χ0v) is 12.0. The van der Waals surface area contributed by atoms with E-state index in [1.807, 2.05) is 12.1 Å². The molecule has 3 heteroatoms. The highest BCUT2D eigenvalue weighted by Gasteiger charge is 2.17. The van der Waals surface area contributed by atoms with Gasteiger partial charge in [0.25, 0.3) is 0 Å². The van der Waals surface area contributed by atoms with Crippen LogP contribution in [0.4, 0.5) is 4.39 Å². The van der Waals surface area contributed by atoms with Crippen LogP contribution in [0.3, 0.4) is 0 Å². The first-order valence-electron chi connectivity index (χ1n) is 6.83. The zero-order chi connectivity index (χ0) is 13.0. The van der Waals surface area contributed by atoms with Crippen molar-refractivity contribution in [2.24, 2.45) is 0 Å². The van der Waals surface area contributed by atoms with Gasteiger partial charge in [-0.3, -0.25) is 0 Å². The van der Waals surface area contributed by atoms with E-state index in [9.17, 15) is 4.39 Å². The van der Waals surface area contributed by atoms with Crippen molar-refractivity contribution < 1.29 is 4.39 Å². The lowest BCUT2D eigenvalue weighted by atomic mass is 10.2. The molecule has 1 aliphatic carbocycles. The molecule has 1 aromatic rings. The number of hydrogen-bond acceptors (Lipinski definition) is 2. The Morgan fingerprint density at radius 2 is 2.06 bits per heavy atom. The molecular formula is C15H22FNS. The highest BCUT2D eigenvalue weighted by Crippen LogP contribution is 2.35. The third-order valence-electron chi connectivity index (χ3n) is 3.31. The number of benzene rings is 1. The molecule has 0 amide bonds. The summed E-state index contributed by atoms with van der Waals surface area (Å²) in [6.45, 7) is 4.93. The van der Waals surface area contributed by atoms with Crippen LogP contribution in [-0.4, -0.2) is 11.3 Å². The minimum absolute atomic E-state index is 0.0602. The van der Waals surface area contributed by atoms with Gasteiger partial charge < -0.3 is 5.32 Å². The van der Waals surface area contributed by atoms with Crippen molar-refractivity contribution in [3.63, 3.8) is 0 Å². The molecule has 0 unspecified atom stereocenters.